The highest BCUT2D eigenvalue weighted by Gasteiger charge is 2.08. The zero-order valence-corrected chi connectivity index (χ0v) is 14.8. The lowest BCUT2D eigenvalue weighted by Crippen LogP contribution is -1.94. The molecule has 0 heterocycles. The van der Waals surface area contributed by atoms with E-state index in [4.69, 9.17) is 16.2 Å². The van der Waals surface area contributed by atoms with E-state index in [1.54, 1.807) is 0 Å². The predicted molar refractivity (Wildman–Crippen MR) is 113 cm³/mol. The first-order valence-electron chi connectivity index (χ1n) is 8.78. The van der Waals surface area contributed by atoms with E-state index in [2.05, 4.69) is 0 Å². The quantitative estimate of drug-likeness (QED) is 0.444. The van der Waals surface area contributed by atoms with Crippen molar-refractivity contribution in [3.63, 3.8) is 0 Å². The van der Waals surface area contributed by atoms with Crippen LogP contribution in [0.1, 0.15) is 0 Å². The highest BCUT2D eigenvalue weighted by atomic mass is 16.5. The van der Waals surface area contributed by atoms with Crippen molar-refractivity contribution in [1.29, 1.82) is 0 Å². The molecule has 0 fully saturated rings. The maximum Gasteiger partial charge on any atom is 0.128 e. The number of hydrogen-bond acceptors (Lipinski definition) is 3. The first-order valence-corrected chi connectivity index (χ1v) is 8.78. The van der Waals surface area contributed by atoms with Gasteiger partial charge < -0.3 is 16.2 Å². The highest BCUT2D eigenvalue weighted by molar-refractivity contribution is 5.79. The van der Waals surface area contributed by atoms with Gasteiger partial charge in [0, 0.05) is 22.5 Å². The molecule has 0 aliphatic rings. The van der Waals surface area contributed by atoms with Gasteiger partial charge >= 0.3 is 0 Å². The van der Waals surface area contributed by atoms with E-state index in [-0.39, 0.29) is 0 Å². The molecule has 0 saturated carbocycles. The summed E-state index contributed by atoms with van der Waals surface area (Å²) in [7, 11) is 0. The van der Waals surface area contributed by atoms with Gasteiger partial charge in [-0.2, -0.15) is 0 Å². The summed E-state index contributed by atoms with van der Waals surface area (Å²) in [6, 6.07) is 31.5. The average Bonchev–Trinajstić information content (AvgIpc) is 2.72. The Kier molecular flexibility index (Phi) is 4.50. The highest BCUT2D eigenvalue weighted by Crippen LogP contribution is 2.34. The second-order valence-corrected chi connectivity index (χ2v) is 6.33. The third-order valence-electron chi connectivity index (χ3n) is 4.45. The third-order valence-corrected chi connectivity index (χ3v) is 4.45. The molecule has 4 rings (SSSR count). The van der Waals surface area contributed by atoms with Gasteiger partial charge in [-0.05, 0) is 47.5 Å². The Hall–Kier alpha value is -3.72. The van der Waals surface area contributed by atoms with E-state index in [0.29, 0.717) is 0 Å². The van der Waals surface area contributed by atoms with E-state index >= 15 is 0 Å². The molecule has 132 valence electrons. The Morgan fingerprint density at radius 2 is 0.889 bits per heavy atom. The van der Waals surface area contributed by atoms with Gasteiger partial charge in [-0.15, -0.1) is 0 Å². The Bertz CT molecular complexity index is 973. The van der Waals surface area contributed by atoms with Gasteiger partial charge in [0.2, 0.25) is 0 Å². The van der Waals surface area contributed by atoms with Crippen LogP contribution in [-0.4, -0.2) is 0 Å². The maximum absolute atomic E-state index is 6.16. The molecular formula is C24H20N2O. The number of nitrogen functional groups attached to an aromatic ring is 2. The van der Waals surface area contributed by atoms with Crippen LogP contribution in [0.15, 0.2) is 97.1 Å². The van der Waals surface area contributed by atoms with E-state index in [1.165, 1.54) is 0 Å². The minimum Gasteiger partial charge on any atom is -0.457 e. The van der Waals surface area contributed by atoms with Crippen LogP contribution in [0.4, 0.5) is 11.4 Å². The van der Waals surface area contributed by atoms with Gasteiger partial charge in [-0.1, -0.05) is 60.7 Å². The van der Waals surface area contributed by atoms with Gasteiger partial charge in [-0.3, -0.25) is 0 Å². The molecule has 4 aromatic carbocycles. The summed E-state index contributed by atoms with van der Waals surface area (Å²) in [6.45, 7) is 0. The second-order valence-electron chi connectivity index (χ2n) is 6.33. The monoisotopic (exact) mass is 352 g/mol. The fourth-order valence-corrected chi connectivity index (χ4v) is 3.07. The summed E-state index contributed by atoms with van der Waals surface area (Å²) >= 11 is 0. The van der Waals surface area contributed by atoms with E-state index in [0.717, 1.165) is 45.1 Å². The lowest BCUT2D eigenvalue weighted by Gasteiger charge is -2.12. The molecule has 27 heavy (non-hydrogen) atoms. The van der Waals surface area contributed by atoms with Crippen LogP contribution in [0.25, 0.3) is 22.3 Å². The van der Waals surface area contributed by atoms with Crippen LogP contribution >= 0.6 is 0 Å². The maximum atomic E-state index is 6.16. The largest absolute Gasteiger partial charge is 0.457 e. The lowest BCUT2D eigenvalue weighted by atomic mass is 10.0. The molecule has 4 N–H and O–H groups in total. The molecule has 0 radical (unpaired) electrons. The van der Waals surface area contributed by atoms with Crippen LogP contribution < -0.4 is 16.2 Å². The summed E-state index contributed by atoms with van der Waals surface area (Å²) in [6.07, 6.45) is 0. The van der Waals surface area contributed by atoms with E-state index in [9.17, 15) is 0 Å². The molecule has 0 aliphatic heterocycles. The summed E-state index contributed by atoms with van der Waals surface area (Å²) in [5.74, 6) is 1.46. The fraction of sp³-hybridized carbons (Fsp3) is 0. The van der Waals surface area contributed by atoms with Crippen LogP contribution in [0.3, 0.4) is 0 Å². The summed E-state index contributed by atoms with van der Waals surface area (Å²) in [5.41, 5.74) is 17.8. The van der Waals surface area contributed by atoms with Gasteiger partial charge in [0.1, 0.15) is 11.5 Å². The van der Waals surface area contributed by atoms with Gasteiger partial charge in [-0.25, -0.2) is 0 Å². The topological polar surface area (TPSA) is 61.3 Å². The van der Waals surface area contributed by atoms with Crippen LogP contribution in [0, 0.1) is 0 Å². The molecule has 3 nitrogen and oxygen atoms in total. The van der Waals surface area contributed by atoms with Crippen molar-refractivity contribution in [3.8, 4) is 33.8 Å². The molecule has 0 saturated heterocycles. The Morgan fingerprint density at radius 3 is 1.30 bits per heavy atom. The first kappa shape index (κ1) is 16.7. The van der Waals surface area contributed by atoms with Crippen molar-refractivity contribution in [2.75, 3.05) is 11.5 Å². The number of nitrogens with two attached hydrogens (primary N) is 2. The smallest absolute Gasteiger partial charge is 0.128 e. The Labute approximate surface area is 158 Å². The second kappa shape index (κ2) is 7.26. The van der Waals surface area contributed by atoms with Gasteiger partial charge in [0.25, 0.3) is 0 Å². The zero-order chi connectivity index (χ0) is 18.6. The summed E-state index contributed by atoms with van der Waals surface area (Å²) in [4.78, 5) is 0. The SMILES string of the molecule is Nc1ccc(Oc2ccc(N)c(-c3ccccc3)c2)cc1-c1ccccc1. The Morgan fingerprint density at radius 1 is 0.481 bits per heavy atom. The number of ether oxygens (including phenoxy) is 1. The number of rotatable bonds is 4. The molecular weight excluding hydrogens is 332 g/mol. The molecule has 0 aliphatic carbocycles. The zero-order valence-electron chi connectivity index (χ0n) is 14.8. The fourth-order valence-electron chi connectivity index (χ4n) is 3.07. The number of hydrogen-bond donors (Lipinski definition) is 2. The molecule has 0 spiro atoms. The average molecular weight is 352 g/mol. The van der Waals surface area contributed by atoms with Crippen LogP contribution in [-0.2, 0) is 0 Å². The molecule has 0 unspecified atom stereocenters. The molecule has 0 amide bonds. The molecule has 0 bridgehead atoms. The van der Waals surface area contributed by atoms with E-state index in [1.807, 2.05) is 97.1 Å². The summed E-state index contributed by atoms with van der Waals surface area (Å²) < 4.78 is 6.10. The lowest BCUT2D eigenvalue weighted by molar-refractivity contribution is 0.483. The minimum absolute atomic E-state index is 0.718. The first-order chi connectivity index (χ1) is 13.2. The normalized spacial score (nSPS) is 10.5. The van der Waals surface area contributed by atoms with Crippen LogP contribution in [0.2, 0.25) is 0 Å². The van der Waals surface area contributed by atoms with Crippen molar-refractivity contribution < 1.29 is 4.74 Å². The van der Waals surface area contributed by atoms with Crippen molar-refractivity contribution in [1.82, 2.24) is 0 Å². The van der Waals surface area contributed by atoms with Crippen molar-refractivity contribution in [2.45, 2.75) is 0 Å². The minimum atomic E-state index is 0.718. The predicted octanol–water partition coefficient (Wildman–Crippen LogP) is 5.98. The molecule has 3 heteroatoms. The van der Waals surface area contributed by atoms with Gasteiger partial charge in [0.15, 0.2) is 0 Å². The summed E-state index contributed by atoms with van der Waals surface area (Å²) in [5, 5.41) is 0. The Balaban J connectivity index is 1.67. The van der Waals surface area contributed by atoms with Crippen molar-refractivity contribution in [3.05, 3.63) is 97.1 Å². The molecule has 0 atom stereocenters. The van der Waals surface area contributed by atoms with Crippen molar-refractivity contribution in [2.24, 2.45) is 0 Å². The van der Waals surface area contributed by atoms with Crippen molar-refractivity contribution >= 4 is 11.4 Å². The van der Waals surface area contributed by atoms with Gasteiger partial charge in [0.05, 0.1) is 0 Å². The molecule has 0 aromatic heterocycles. The van der Waals surface area contributed by atoms with Crippen LogP contribution in [0.5, 0.6) is 11.5 Å². The van der Waals surface area contributed by atoms with E-state index < -0.39 is 0 Å². The number of benzene rings is 4. The molecule has 4 aromatic rings. The third kappa shape index (κ3) is 3.62. The standard InChI is InChI=1S/C24H20N2O/c25-23-13-11-19(15-21(23)17-7-3-1-4-8-17)27-20-12-14-24(26)22(16-20)18-9-5-2-6-10-18/h1-16H,25-26H2. The number of anilines is 2.